The van der Waals surface area contributed by atoms with Crippen LogP contribution in [0.4, 0.5) is 0 Å². The van der Waals surface area contributed by atoms with E-state index in [4.69, 9.17) is 0 Å². The van der Waals surface area contributed by atoms with E-state index in [1.165, 1.54) is 24.1 Å². The smallest absolute Gasteiger partial charge is 0.0323 e. The van der Waals surface area contributed by atoms with Gasteiger partial charge in [-0.25, -0.2) is 0 Å². The maximum atomic E-state index is 3.15. The van der Waals surface area contributed by atoms with Crippen molar-refractivity contribution in [2.45, 2.75) is 33.6 Å². The second-order valence-electron chi connectivity index (χ2n) is 2.39. The van der Waals surface area contributed by atoms with Crippen LogP contribution in [0.25, 0.3) is 0 Å². The van der Waals surface area contributed by atoms with Gasteiger partial charge in [-0.3, -0.25) is 0 Å². The molecule has 0 spiro atoms. The number of likely N-dealkylation sites (N-methyl/N-ethyl adjacent to an activating group) is 1. The van der Waals surface area contributed by atoms with E-state index in [1.54, 1.807) is 0 Å². The first kappa shape index (κ1) is 10.3. The van der Waals surface area contributed by atoms with Crippen molar-refractivity contribution in [3.8, 4) is 0 Å². The highest BCUT2D eigenvalue weighted by molar-refractivity contribution is 5.26. The molecule has 1 nitrogen and oxygen atoms in total. The lowest BCUT2D eigenvalue weighted by atomic mass is 10.0. The Hall–Kier alpha value is -0.720. The summed E-state index contributed by atoms with van der Waals surface area (Å²) in [6.07, 6.45) is 6.78. The van der Waals surface area contributed by atoms with Gasteiger partial charge in [0, 0.05) is 12.7 Å². The van der Waals surface area contributed by atoms with Crippen LogP contribution in [-0.4, -0.2) is 7.05 Å². The number of allylic oxidation sites excluding steroid dienone is 3. The molecular weight excluding hydrogens is 134 g/mol. The second kappa shape index (κ2) is 6.02. The lowest BCUT2D eigenvalue weighted by molar-refractivity contribution is 0.882. The van der Waals surface area contributed by atoms with Crippen molar-refractivity contribution < 1.29 is 0 Å². The van der Waals surface area contributed by atoms with Gasteiger partial charge in [-0.1, -0.05) is 19.9 Å². The molecule has 1 heteroatoms. The Morgan fingerprint density at radius 2 is 2.00 bits per heavy atom. The van der Waals surface area contributed by atoms with E-state index < -0.39 is 0 Å². The molecule has 0 saturated heterocycles. The predicted molar refractivity (Wildman–Crippen MR) is 51.5 cm³/mol. The van der Waals surface area contributed by atoms with Gasteiger partial charge in [0.05, 0.1) is 0 Å². The van der Waals surface area contributed by atoms with Crippen molar-refractivity contribution in [1.29, 1.82) is 0 Å². The predicted octanol–water partition coefficient (Wildman–Crippen LogP) is 2.86. The van der Waals surface area contributed by atoms with E-state index in [0.717, 1.165) is 0 Å². The fraction of sp³-hybridized carbons (Fsp3) is 0.600. The van der Waals surface area contributed by atoms with Gasteiger partial charge in [0.2, 0.25) is 0 Å². The van der Waals surface area contributed by atoms with Gasteiger partial charge in [-0.2, -0.15) is 0 Å². The van der Waals surface area contributed by atoms with Crippen LogP contribution >= 0.6 is 0 Å². The Balaban J connectivity index is 0.000000461. The summed E-state index contributed by atoms with van der Waals surface area (Å²) >= 11 is 0. The third-order valence-electron chi connectivity index (χ3n) is 1.70. The summed E-state index contributed by atoms with van der Waals surface area (Å²) < 4.78 is 0. The Bertz CT molecular complexity index is 154. The molecule has 1 N–H and O–H groups in total. The molecule has 1 rings (SSSR count). The van der Waals surface area contributed by atoms with Gasteiger partial charge >= 0.3 is 0 Å². The largest absolute Gasteiger partial charge is 0.388 e. The average Bonchev–Trinajstić information content (AvgIpc) is 2.09. The van der Waals surface area contributed by atoms with Gasteiger partial charge in [0.1, 0.15) is 0 Å². The van der Waals surface area contributed by atoms with Crippen LogP contribution in [-0.2, 0) is 0 Å². The van der Waals surface area contributed by atoms with Gasteiger partial charge in [-0.15, -0.1) is 0 Å². The van der Waals surface area contributed by atoms with Crippen LogP contribution in [0, 0.1) is 0 Å². The summed E-state index contributed by atoms with van der Waals surface area (Å²) in [6, 6.07) is 0. The van der Waals surface area contributed by atoms with Gasteiger partial charge in [0.15, 0.2) is 0 Å². The molecule has 1 aliphatic carbocycles. The Morgan fingerprint density at radius 1 is 1.36 bits per heavy atom. The summed E-state index contributed by atoms with van der Waals surface area (Å²) in [7, 11) is 1.97. The first-order valence-electron chi connectivity index (χ1n) is 4.38. The zero-order valence-electron chi connectivity index (χ0n) is 8.07. The van der Waals surface area contributed by atoms with Crippen LogP contribution in [0.1, 0.15) is 33.6 Å². The van der Waals surface area contributed by atoms with Crippen LogP contribution < -0.4 is 5.32 Å². The summed E-state index contributed by atoms with van der Waals surface area (Å²) in [5.41, 5.74) is 2.77. The maximum Gasteiger partial charge on any atom is 0.0323 e. The van der Waals surface area contributed by atoms with Crippen LogP contribution in [0.2, 0.25) is 0 Å². The molecule has 0 bridgehead atoms. The van der Waals surface area contributed by atoms with Crippen molar-refractivity contribution in [2.75, 3.05) is 7.05 Å². The molecule has 0 saturated carbocycles. The zero-order chi connectivity index (χ0) is 8.69. The third-order valence-corrected chi connectivity index (χ3v) is 1.70. The quantitative estimate of drug-likeness (QED) is 0.611. The molecule has 11 heavy (non-hydrogen) atoms. The Labute approximate surface area is 70.2 Å². The fourth-order valence-corrected chi connectivity index (χ4v) is 1.07. The summed E-state index contributed by atoms with van der Waals surface area (Å²) in [5.74, 6) is 0. The molecule has 0 fully saturated rings. The normalized spacial score (nSPS) is 15.6. The lowest BCUT2D eigenvalue weighted by Gasteiger charge is -2.10. The van der Waals surface area contributed by atoms with Crippen LogP contribution in [0.5, 0.6) is 0 Å². The molecule has 0 heterocycles. The lowest BCUT2D eigenvalue weighted by Crippen LogP contribution is -2.07. The molecule has 0 amide bonds. The molecule has 1 aliphatic rings. The number of hydrogen-bond donors (Lipinski definition) is 1. The molecule has 0 unspecified atom stereocenters. The van der Waals surface area contributed by atoms with Crippen molar-refractivity contribution in [2.24, 2.45) is 0 Å². The SMILES string of the molecule is CC.CNC1=C(C)CCC=C1. The minimum atomic E-state index is 1.21. The average molecular weight is 153 g/mol. The van der Waals surface area contributed by atoms with E-state index >= 15 is 0 Å². The van der Waals surface area contributed by atoms with E-state index in [9.17, 15) is 0 Å². The highest BCUT2D eigenvalue weighted by Gasteiger charge is 1.99. The van der Waals surface area contributed by atoms with Crippen molar-refractivity contribution in [3.63, 3.8) is 0 Å². The van der Waals surface area contributed by atoms with E-state index in [1.807, 2.05) is 20.9 Å². The molecule has 0 atom stereocenters. The minimum absolute atomic E-state index is 1.21. The zero-order valence-corrected chi connectivity index (χ0v) is 8.07. The molecule has 64 valence electrons. The highest BCUT2D eigenvalue weighted by atomic mass is 14.8. The van der Waals surface area contributed by atoms with E-state index in [0.29, 0.717) is 0 Å². The second-order valence-corrected chi connectivity index (χ2v) is 2.39. The van der Waals surface area contributed by atoms with Crippen molar-refractivity contribution in [3.05, 3.63) is 23.4 Å². The number of nitrogens with one attached hydrogen (secondary N) is 1. The third kappa shape index (κ3) is 3.26. The first-order chi connectivity index (χ1) is 5.34. The molecule has 0 radical (unpaired) electrons. The summed E-state index contributed by atoms with van der Waals surface area (Å²) in [4.78, 5) is 0. The van der Waals surface area contributed by atoms with Gasteiger partial charge < -0.3 is 5.32 Å². The Kier molecular flexibility index (Phi) is 5.63. The first-order valence-corrected chi connectivity index (χ1v) is 4.38. The summed E-state index contributed by atoms with van der Waals surface area (Å²) in [5, 5.41) is 3.15. The van der Waals surface area contributed by atoms with Crippen molar-refractivity contribution >= 4 is 0 Å². The fourth-order valence-electron chi connectivity index (χ4n) is 1.07. The Morgan fingerprint density at radius 3 is 2.36 bits per heavy atom. The minimum Gasteiger partial charge on any atom is -0.388 e. The molecule has 0 aromatic carbocycles. The number of hydrogen-bond acceptors (Lipinski definition) is 1. The topological polar surface area (TPSA) is 12.0 Å². The van der Waals surface area contributed by atoms with E-state index in [-0.39, 0.29) is 0 Å². The molecule has 0 aliphatic heterocycles. The van der Waals surface area contributed by atoms with Crippen LogP contribution in [0.3, 0.4) is 0 Å². The van der Waals surface area contributed by atoms with Gasteiger partial charge in [-0.05, 0) is 31.4 Å². The standard InChI is InChI=1S/C8H13N.C2H6/c1-7-5-3-4-6-8(7)9-2;1-2/h4,6,9H,3,5H2,1-2H3;1-2H3. The van der Waals surface area contributed by atoms with Crippen LogP contribution in [0.15, 0.2) is 23.4 Å². The van der Waals surface area contributed by atoms with Crippen molar-refractivity contribution in [1.82, 2.24) is 5.32 Å². The van der Waals surface area contributed by atoms with Gasteiger partial charge in [0.25, 0.3) is 0 Å². The summed E-state index contributed by atoms with van der Waals surface area (Å²) in [6.45, 7) is 6.18. The number of rotatable bonds is 1. The maximum absolute atomic E-state index is 3.15. The highest BCUT2D eigenvalue weighted by Crippen LogP contribution is 2.14. The molecule has 0 aromatic heterocycles. The molecule has 0 aromatic rings. The molecular formula is C10H19N. The monoisotopic (exact) mass is 153 g/mol. The van der Waals surface area contributed by atoms with E-state index in [2.05, 4.69) is 24.4 Å².